The smallest absolute Gasteiger partial charge is 0.257 e. The van der Waals surface area contributed by atoms with Gasteiger partial charge in [0, 0.05) is 50.1 Å². The van der Waals surface area contributed by atoms with Gasteiger partial charge in [-0.3, -0.25) is 9.69 Å². The van der Waals surface area contributed by atoms with Crippen molar-refractivity contribution < 1.29 is 9.53 Å². The van der Waals surface area contributed by atoms with E-state index >= 15 is 0 Å². The van der Waals surface area contributed by atoms with Crippen LogP contribution in [-0.4, -0.2) is 55.0 Å². The van der Waals surface area contributed by atoms with Crippen molar-refractivity contribution in [1.29, 1.82) is 0 Å². The lowest BCUT2D eigenvalue weighted by molar-refractivity contribution is 0.102. The van der Waals surface area contributed by atoms with Gasteiger partial charge in [-0.05, 0) is 67.3 Å². The van der Waals surface area contributed by atoms with Gasteiger partial charge >= 0.3 is 0 Å². The van der Waals surface area contributed by atoms with Gasteiger partial charge in [0.2, 0.25) is 0 Å². The van der Waals surface area contributed by atoms with Crippen LogP contribution in [-0.2, 0) is 0 Å². The van der Waals surface area contributed by atoms with E-state index in [4.69, 9.17) is 4.74 Å². The van der Waals surface area contributed by atoms with E-state index in [1.807, 2.05) is 42.6 Å². The van der Waals surface area contributed by atoms with E-state index in [0.717, 1.165) is 54.9 Å². The third-order valence-electron chi connectivity index (χ3n) is 6.15. The topological polar surface area (TPSA) is 49.2 Å². The molecule has 3 aromatic rings. The molecule has 0 spiro atoms. The van der Waals surface area contributed by atoms with E-state index in [1.54, 1.807) is 7.11 Å². The maximum absolute atomic E-state index is 12.8. The van der Waals surface area contributed by atoms with Crippen LogP contribution in [0.3, 0.4) is 0 Å². The molecule has 0 bridgehead atoms. The number of carbonyl (C=O) groups is 1. The first-order valence-corrected chi connectivity index (χ1v) is 10.7. The minimum atomic E-state index is -0.115. The third kappa shape index (κ3) is 4.00. The number of amides is 1. The Balaban J connectivity index is 1.30. The minimum Gasteiger partial charge on any atom is -0.497 e. The first kappa shape index (κ1) is 19.0. The fraction of sp³-hybridized carbons (Fsp3) is 0.375. The molecule has 0 atom stereocenters. The quantitative estimate of drug-likeness (QED) is 0.680. The van der Waals surface area contributed by atoms with Gasteiger partial charge < -0.3 is 19.4 Å². The monoisotopic (exact) mass is 404 g/mol. The number of benzene rings is 1. The Morgan fingerprint density at radius 1 is 1.00 bits per heavy atom. The summed E-state index contributed by atoms with van der Waals surface area (Å²) in [5, 5.41) is 2.97. The van der Waals surface area contributed by atoms with Crippen LogP contribution in [0, 0.1) is 5.92 Å². The van der Waals surface area contributed by atoms with Crippen molar-refractivity contribution >= 4 is 22.9 Å². The molecule has 0 radical (unpaired) electrons. The number of carbonyl (C=O) groups excluding carboxylic acids is 1. The lowest BCUT2D eigenvalue weighted by atomic mass is 10.2. The van der Waals surface area contributed by atoms with Crippen LogP contribution in [0.4, 0.5) is 11.5 Å². The molecule has 6 nitrogen and oxygen atoms in total. The number of aromatic nitrogens is 1. The average molecular weight is 405 g/mol. The highest BCUT2D eigenvalue weighted by molar-refractivity contribution is 6.04. The number of pyridine rings is 1. The van der Waals surface area contributed by atoms with Crippen LogP contribution >= 0.6 is 0 Å². The number of ether oxygens (including phenoxy) is 1. The Bertz CT molecular complexity index is 1030. The summed E-state index contributed by atoms with van der Waals surface area (Å²) in [5.74, 6) is 2.76. The summed E-state index contributed by atoms with van der Waals surface area (Å²) < 4.78 is 7.31. The van der Waals surface area contributed by atoms with E-state index in [0.29, 0.717) is 5.56 Å². The minimum absolute atomic E-state index is 0.115. The van der Waals surface area contributed by atoms with Crippen LogP contribution in [0.1, 0.15) is 23.2 Å². The SMILES string of the molecule is COc1ccc(NC(=O)c2ccc3ccc(N4CCN(CC5CC5)CC4)n3c2)cc1. The van der Waals surface area contributed by atoms with E-state index in [9.17, 15) is 4.79 Å². The highest BCUT2D eigenvalue weighted by atomic mass is 16.5. The predicted molar refractivity (Wildman–Crippen MR) is 120 cm³/mol. The lowest BCUT2D eigenvalue weighted by Crippen LogP contribution is -2.47. The molecule has 5 rings (SSSR count). The lowest BCUT2D eigenvalue weighted by Gasteiger charge is -2.35. The zero-order chi connectivity index (χ0) is 20.5. The summed E-state index contributed by atoms with van der Waals surface area (Å²) in [6, 6.07) is 15.5. The molecule has 1 aromatic carbocycles. The van der Waals surface area contributed by atoms with E-state index in [-0.39, 0.29) is 5.91 Å². The number of methoxy groups -OCH3 is 1. The van der Waals surface area contributed by atoms with Crippen molar-refractivity contribution in [2.24, 2.45) is 5.92 Å². The Kier molecular flexibility index (Phi) is 5.09. The van der Waals surface area contributed by atoms with Gasteiger partial charge in [-0.2, -0.15) is 0 Å². The molecule has 1 aliphatic heterocycles. The first-order chi connectivity index (χ1) is 14.7. The van der Waals surface area contributed by atoms with Crippen molar-refractivity contribution in [3.05, 3.63) is 60.3 Å². The molecular formula is C24H28N4O2. The number of rotatable bonds is 6. The number of hydrogen-bond acceptors (Lipinski definition) is 4. The van der Waals surface area contributed by atoms with E-state index in [1.165, 1.54) is 19.4 Å². The Labute approximate surface area is 177 Å². The molecule has 1 amide bonds. The summed E-state index contributed by atoms with van der Waals surface area (Å²) in [5.41, 5.74) is 2.50. The van der Waals surface area contributed by atoms with Gasteiger partial charge in [0.1, 0.15) is 11.6 Å². The third-order valence-corrected chi connectivity index (χ3v) is 6.15. The summed E-state index contributed by atoms with van der Waals surface area (Å²) in [4.78, 5) is 17.8. The molecular weight excluding hydrogens is 376 g/mol. The van der Waals surface area contributed by atoms with Gasteiger partial charge in [-0.25, -0.2) is 0 Å². The molecule has 6 heteroatoms. The van der Waals surface area contributed by atoms with Crippen LogP contribution in [0.25, 0.3) is 5.52 Å². The normalized spacial score (nSPS) is 17.3. The number of fused-ring (bicyclic) bond motifs is 1. The second kappa shape index (κ2) is 8.03. The van der Waals surface area contributed by atoms with Gasteiger partial charge in [0.25, 0.3) is 5.91 Å². The fourth-order valence-corrected chi connectivity index (χ4v) is 4.18. The largest absolute Gasteiger partial charge is 0.497 e. The first-order valence-electron chi connectivity index (χ1n) is 10.7. The van der Waals surface area contributed by atoms with Crippen LogP contribution in [0.15, 0.2) is 54.7 Å². The van der Waals surface area contributed by atoms with Crippen molar-refractivity contribution in [2.75, 3.05) is 50.1 Å². The zero-order valence-corrected chi connectivity index (χ0v) is 17.4. The number of anilines is 2. The highest BCUT2D eigenvalue weighted by Gasteiger charge is 2.27. The molecule has 1 saturated heterocycles. The molecule has 30 heavy (non-hydrogen) atoms. The summed E-state index contributed by atoms with van der Waals surface area (Å²) in [6.07, 6.45) is 4.76. The molecule has 156 valence electrons. The summed E-state index contributed by atoms with van der Waals surface area (Å²) >= 11 is 0. The summed E-state index contributed by atoms with van der Waals surface area (Å²) in [6.45, 7) is 5.55. The predicted octanol–water partition coefficient (Wildman–Crippen LogP) is 3.73. The molecule has 2 aliphatic rings. The second-order valence-electron chi connectivity index (χ2n) is 8.32. The van der Waals surface area contributed by atoms with Crippen molar-refractivity contribution in [3.8, 4) is 5.75 Å². The molecule has 2 fully saturated rings. The number of hydrogen-bond donors (Lipinski definition) is 1. The maximum atomic E-state index is 12.8. The molecule has 2 aromatic heterocycles. The van der Waals surface area contributed by atoms with Crippen molar-refractivity contribution in [3.63, 3.8) is 0 Å². The number of nitrogens with zero attached hydrogens (tertiary/aromatic N) is 3. The summed E-state index contributed by atoms with van der Waals surface area (Å²) in [7, 11) is 1.63. The van der Waals surface area contributed by atoms with E-state index in [2.05, 4.69) is 31.7 Å². The standard InChI is InChI=1S/C24H28N4O2/c1-30-22-9-5-20(6-10-22)25-24(29)19-4-7-21-8-11-23(28(21)17-19)27-14-12-26(13-15-27)16-18-2-3-18/h4-11,17-18H,2-3,12-16H2,1H3,(H,25,29). The Hall–Kier alpha value is -2.99. The van der Waals surface area contributed by atoms with Crippen LogP contribution in [0.5, 0.6) is 5.75 Å². The van der Waals surface area contributed by atoms with Gasteiger partial charge in [0.15, 0.2) is 0 Å². The van der Waals surface area contributed by atoms with Gasteiger partial charge in [-0.1, -0.05) is 0 Å². The average Bonchev–Trinajstić information content (AvgIpc) is 3.50. The molecule has 1 aliphatic carbocycles. The second-order valence-corrected chi connectivity index (χ2v) is 8.32. The highest BCUT2D eigenvalue weighted by Crippen LogP contribution is 2.30. The number of nitrogens with one attached hydrogen (secondary N) is 1. The Morgan fingerprint density at radius 3 is 2.43 bits per heavy atom. The molecule has 3 heterocycles. The maximum Gasteiger partial charge on any atom is 0.257 e. The van der Waals surface area contributed by atoms with Gasteiger partial charge in [0.05, 0.1) is 12.7 Å². The molecule has 1 saturated carbocycles. The zero-order valence-electron chi connectivity index (χ0n) is 17.4. The van der Waals surface area contributed by atoms with Crippen molar-refractivity contribution in [1.82, 2.24) is 9.30 Å². The number of piperazine rings is 1. The van der Waals surface area contributed by atoms with Crippen LogP contribution < -0.4 is 15.0 Å². The van der Waals surface area contributed by atoms with Crippen LogP contribution in [0.2, 0.25) is 0 Å². The molecule has 1 N–H and O–H groups in total. The molecule has 0 unspecified atom stereocenters. The van der Waals surface area contributed by atoms with Crippen molar-refractivity contribution in [2.45, 2.75) is 12.8 Å². The van der Waals surface area contributed by atoms with E-state index < -0.39 is 0 Å². The Morgan fingerprint density at radius 2 is 1.73 bits per heavy atom. The van der Waals surface area contributed by atoms with Gasteiger partial charge in [-0.15, -0.1) is 0 Å². The fourth-order valence-electron chi connectivity index (χ4n) is 4.18.